The standard InChI is InChI=1S/C22H27F2N3O2/c1-16(19-6-7-20(23)21(24)12-19)25-14-22(28)26-13-17-2-4-18(5-3-17)15-27-8-10-29-11-9-27/h2-7,12,16,25H,8-11,13-15H2,1H3,(H,26,28)/p+2/t16-/m1/s1. The van der Waals surface area contributed by atoms with Crippen LogP contribution in [0.3, 0.4) is 0 Å². The minimum Gasteiger partial charge on any atom is -0.370 e. The fourth-order valence-electron chi connectivity index (χ4n) is 3.39. The Bertz CT molecular complexity index is 808. The molecule has 7 heteroatoms. The van der Waals surface area contributed by atoms with E-state index >= 15 is 0 Å². The average molecular weight is 405 g/mol. The van der Waals surface area contributed by atoms with Gasteiger partial charge in [0.1, 0.15) is 25.7 Å². The van der Waals surface area contributed by atoms with E-state index < -0.39 is 11.6 Å². The zero-order chi connectivity index (χ0) is 20.6. The number of nitrogens with one attached hydrogen (secondary N) is 2. The summed E-state index contributed by atoms with van der Waals surface area (Å²) in [6.07, 6.45) is 0. The third kappa shape index (κ3) is 6.59. The van der Waals surface area contributed by atoms with Crippen molar-refractivity contribution in [2.24, 2.45) is 0 Å². The van der Waals surface area contributed by atoms with Gasteiger partial charge in [0.2, 0.25) is 0 Å². The number of morpholine rings is 1. The van der Waals surface area contributed by atoms with Crippen LogP contribution in [0, 0.1) is 11.6 Å². The minimum atomic E-state index is -0.870. The zero-order valence-corrected chi connectivity index (χ0v) is 16.7. The first-order chi connectivity index (χ1) is 14.0. The molecular weight excluding hydrogens is 376 g/mol. The summed E-state index contributed by atoms with van der Waals surface area (Å²) in [7, 11) is 0. The molecular formula is C22H29F2N3O2+2. The molecule has 0 unspecified atom stereocenters. The molecule has 1 aliphatic heterocycles. The Labute approximate surface area is 170 Å². The summed E-state index contributed by atoms with van der Waals surface area (Å²) in [6, 6.07) is 12.0. The van der Waals surface area contributed by atoms with E-state index in [1.54, 1.807) is 5.32 Å². The molecule has 1 saturated heterocycles. The number of carbonyl (C=O) groups excluding carboxylic acids is 1. The number of amides is 1. The summed E-state index contributed by atoms with van der Waals surface area (Å²) in [5.41, 5.74) is 2.98. The number of nitrogens with two attached hydrogens (primary N) is 1. The molecule has 0 saturated carbocycles. The number of hydrogen-bond donors (Lipinski definition) is 3. The summed E-state index contributed by atoms with van der Waals surface area (Å²) in [4.78, 5) is 13.6. The molecule has 2 aromatic rings. The first-order valence-corrected chi connectivity index (χ1v) is 10.1. The van der Waals surface area contributed by atoms with Crippen molar-refractivity contribution in [3.63, 3.8) is 0 Å². The van der Waals surface area contributed by atoms with Crippen molar-refractivity contribution in [3.8, 4) is 0 Å². The molecule has 0 bridgehead atoms. The van der Waals surface area contributed by atoms with E-state index in [0.717, 1.165) is 44.5 Å². The van der Waals surface area contributed by atoms with Crippen molar-refractivity contribution in [3.05, 3.63) is 70.8 Å². The lowest BCUT2D eigenvalue weighted by atomic mass is 10.1. The topological polar surface area (TPSA) is 59.4 Å². The normalized spacial score (nSPS) is 15.8. The van der Waals surface area contributed by atoms with Crippen LogP contribution in [0.4, 0.5) is 8.78 Å². The second kappa shape index (κ2) is 10.4. The Hall–Kier alpha value is -2.35. The van der Waals surface area contributed by atoms with Gasteiger partial charge < -0.3 is 20.3 Å². The average Bonchev–Trinajstić information content (AvgIpc) is 2.74. The van der Waals surface area contributed by atoms with Crippen molar-refractivity contribution in [2.75, 3.05) is 32.8 Å². The number of carbonyl (C=O) groups is 1. The molecule has 0 spiro atoms. The number of halogens is 2. The Morgan fingerprint density at radius 1 is 1.10 bits per heavy atom. The van der Waals surface area contributed by atoms with Crippen LogP contribution in [0.5, 0.6) is 0 Å². The molecule has 3 rings (SSSR count). The van der Waals surface area contributed by atoms with Crippen molar-refractivity contribution in [2.45, 2.75) is 26.1 Å². The fraction of sp³-hybridized carbons (Fsp3) is 0.409. The maximum absolute atomic E-state index is 13.3. The highest BCUT2D eigenvalue weighted by Crippen LogP contribution is 2.13. The van der Waals surface area contributed by atoms with Crippen molar-refractivity contribution < 1.29 is 28.5 Å². The van der Waals surface area contributed by atoms with Crippen LogP contribution >= 0.6 is 0 Å². The number of hydrogen-bond acceptors (Lipinski definition) is 2. The molecule has 1 atom stereocenters. The molecule has 1 heterocycles. The lowest BCUT2D eigenvalue weighted by Crippen LogP contribution is -3.12. The molecule has 2 aromatic carbocycles. The molecule has 156 valence electrons. The second-order valence-corrected chi connectivity index (χ2v) is 7.53. The maximum Gasteiger partial charge on any atom is 0.275 e. The summed E-state index contributed by atoms with van der Waals surface area (Å²) < 4.78 is 31.7. The van der Waals surface area contributed by atoms with Gasteiger partial charge in [0.05, 0.1) is 13.2 Å². The van der Waals surface area contributed by atoms with Crippen LogP contribution in [0.15, 0.2) is 42.5 Å². The molecule has 1 aliphatic rings. The Balaban J connectivity index is 1.40. The number of rotatable bonds is 8. The lowest BCUT2D eigenvalue weighted by molar-refractivity contribution is -0.921. The first kappa shape index (κ1) is 21.4. The third-order valence-electron chi connectivity index (χ3n) is 5.29. The van der Waals surface area contributed by atoms with E-state index in [9.17, 15) is 13.6 Å². The number of benzene rings is 2. The highest BCUT2D eigenvalue weighted by Gasteiger charge is 2.15. The van der Waals surface area contributed by atoms with Gasteiger partial charge in [0, 0.05) is 17.7 Å². The zero-order valence-electron chi connectivity index (χ0n) is 16.7. The summed E-state index contributed by atoms with van der Waals surface area (Å²) in [6.45, 7) is 7.27. The molecule has 29 heavy (non-hydrogen) atoms. The number of ether oxygens (including phenoxy) is 1. The van der Waals surface area contributed by atoms with Gasteiger partial charge in [-0.1, -0.05) is 24.3 Å². The fourth-order valence-corrected chi connectivity index (χ4v) is 3.39. The van der Waals surface area contributed by atoms with Crippen LogP contribution in [0.2, 0.25) is 0 Å². The lowest BCUT2D eigenvalue weighted by Gasteiger charge is -2.23. The summed E-state index contributed by atoms with van der Waals surface area (Å²) in [5, 5.41) is 4.70. The van der Waals surface area contributed by atoms with Gasteiger partial charge in [-0.2, -0.15) is 0 Å². The molecule has 4 N–H and O–H groups in total. The summed E-state index contributed by atoms with van der Waals surface area (Å²) >= 11 is 0. The highest BCUT2D eigenvalue weighted by molar-refractivity contribution is 5.76. The maximum atomic E-state index is 13.3. The van der Waals surface area contributed by atoms with Gasteiger partial charge in [0.25, 0.3) is 5.91 Å². The number of quaternary nitrogens is 2. The SMILES string of the molecule is C[C@@H]([NH2+]CC(=O)NCc1ccc(C[NH+]2CCOCC2)cc1)c1ccc(F)c(F)c1. The highest BCUT2D eigenvalue weighted by atomic mass is 19.2. The van der Waals surface area contributed by atoms with E-state index in [0.29, 0.717) is 12.1 Å². The predicted molar refractivity (Wildman–Crippen MR) is 105 cm³/mol. The quantitative estimate of drug-likeness (QED) is 0.593. The van der Waals surface area contributed by atoms with Crippen LogP contribution in [0.1, 0.15) is 29.7 Å². The van der Waals surface area contributed by atoms with Gasteiger partial charge in [0.15, 0.2) is 18.2 Å². The van der Waals surface area contributed by atoms with E-state index in [2.05, 4.69) is 17.4 Å². The predicted octanol–water partition coefficient (Wildman–Crippen LogP) is 0.321. The second-order valence-electron chi connectivity index (χ2n) is 7.53. The molecule has 1 fully saturated rings. The van der Waals surface area contributed by atoms with E-state index in [1.165, 1.54) is 22.6 Å². The van der Waals surface area contributed by atoms with E-state index in [-0.39, 0.29) is 18.5 Å². The van der Waals surface area contributed by atoms with Crippen molar-refractivity contribution in [1.82, 2.24) is 5.32 Å². The van der Waals surface area contributed by atoms with Gasteiger partial charge >= 0.3 is 0 Å². The van der Waals surface area contributed by atoms with Gasteiger partial charge in [-0.15, -0.1) is 0 Å². The molecule has 5 nitrogen and oxygen atoms in total. The van der Waals surface area contributed by atoms with Crippen LogP contribution < -0.4 is 15.5 Å². The van der Waals surface area contributed by atoms with E-state index in [4.69, 9.17) is 4.74 Å². The van der Waals surface area contributed by atoms with Crippen LogP contribution in [-0.4, -0.2) is 38.8 Å². The Morgan fingerprint density at radius 3 is 2.48 bits per heavy atom. The largest absolute Gasteiger partial charge is 0.370 e. The van der Waals surface area contributed by atoms with Crippen molar-refractivity contribution >= 4 is 5.91 Å². The molecule has 0 radical (unpaired) electrons. The smallest absolute Gasteiger partial charge is 0.275 e. The Kier molecular flexibility index (Phi) is 7.69. The first-order valence-electron chi connectivity index (χ1n) is 10.1. The Morgan fingerprint density at radius 2 is 1.79 bits per heavy atom. The molecule has 1 amide bonds. The third-order valence-corrected chi connectivity index (χ3v) is 5.29. The van der Waals surface area contributed by atoms with Gasteiger partial charge in [-0.25, -0.2) is 8.78 Å². The minimum absolute atomic E-state index is 0.0960. The van der Waals surface area contributed by atoms with Gasteiger partial charge in [-0.05, 0) is 30.7 Å². The van der Waals surface area contributed by atoms with Gasteiger partial charge in [-0.3, -0.25) is 4.79 Å². The van der Waals surface area contributed by atoms with Crippen LogP contribution in [0.25, 0.3) is 0 Å². The molecule has 0 aliphatic carbocycles. The summed E-state index contributed by atoms with van der Waals surface area (Å²) in [5.74, 6) is -1.83. The molecule has 0 aromatic heterocycles. The van der Waals surface area contributed by atoms with E-state index in [1.807, 2.05) is 19.1 Å². The monoisotopic (exact) mass is 405 g/mol. The van der Waals surface area contributed by atoms with Crippen molar-refractivity contribution in [1.29, 1.82) is 0 Å². The van der Waals surface area contributed by atoms with Crippen LogP contribution in [-0.2, 0) is 22.6 Å².